The fraction of sp³-hybridized carbons (Fsp3) is 0.364. The van der Waals surface area contributed by atoms with E-state index in [2.05, 4.69) is 4.72 Å². The van der Waals surface area contributed by atoms with Crippen molar-refractivity contribution in [3.63, 3.8) is 0 Å². The molecule has 94 valence electrons. The Balaban J connectivity index is 2.77. The molecule has 0 amide bonds. The summed E-state index contributed by atoms with van der Waals surface area (Å²) in [5.41, 5.74) is 1.60. The van der Waals surface area contributed by atoms with Crippen LogP contribution in [0.25, 0.3) is 0 Å². The van der Waals surface area contributed by atoms with Gasteiger partial charge in [0.2, 0.25) is 10.0 Å². The monoisotopic (exact) mass is 257 g/mol. The highest BCUT2D eigenvalue weighted by atomic mass is 32.2. The number of hydrogen-bond acceptors (Lipinski definition) is 3. The maximum atomic E-state index is 11.7. The van der Waals surface area contributed by atoms with Crippen LogP contribution in [0.2, 0.25) is 0 Å². The molecule has 1 aromatic rings. The molecule has 0 saturated heterocycles. The number of benzene rings is 1. The number of aryl methyl sites for hydroxylation is 1. The summed E-state index contributed by atoms with van der Waals surface area (Å²) in [5, 5.41) is 8.63. The molecule has 0 aromatic heterocycles. The van der Waals surface area contributed by atoms with Gasteiger partial charge in [0.25, 0.3) is 0 Å². The maximum absolute atomic E-state index is 11.7. The lowest BCUT2D eigenvalue weighted by molar-refractivity contribution is -0.138. The van der Waals surface area contributed by atoms with Crippen molar-refractivity contribution in [1.82, 2.24) is 4.72 Å². The third-order valence-electron chi connectivity index (χ3n) is 2.17. The van der Waals surface area contributed by atoms with E-state index in [0.29, 0.717) is 5.56 Å². The van der Waals surface area contributed by atoms with Crippen LogP contribution >= 0.6 is 0 Å². The van der Waals surface area contributed by atoms with E-state index < -0.39 is 22.0 Å². The van der Waals surface area contributed by atoms with Crippen molar-refractivity contribution in [1.29, 1.82) is 0 Å². The molecule has 0 fully saturated rings. The number of carboxylic acids is 1. The van der Waals surface area contributed by atoms with Crippen molar-refractivity contribution in [2.24, 2.45) is 0 Å². The van der Waals surface area contributed by atoms with Crippen LogP contribution in [-0.2, 0) is 20.6 Å². The minimum Gasteiger partial charge on any atom is -0.480 e. The number of aliphatic carboxylic acids is 1. The SMILES string of the molecule is Cc1cccc(CS(=O)(=O)N[C@@H](C)C(=O)O)c1. The van der Waals surface area contributed by atoms with E-state index in [1.165, 1.54) is 6.92 Å². The second-order valence-electron chi connectivity index (χ2n) is 3.93. The van der Waals surface area contributed by atoms with Crippen molar-refractivity contribution in [3.05, 3.63) is 35.4 Å². The smallest absolute Gasteiger partial charge is 0.321 e. The van der Waals surface area contributed by atoms with Crippen LogP contribution in [0.1, 0.15) is 18.1 Å². The minimum absolute atomic E-state index is 0.216. The van der Waals surface area contributed by atoms with Gasteiger partial charge in [-0.3, -0.25) is 4.79 Å². The summed E-state index contributed by atoms with van der Waals surface area (Å²) in [6.07, 6.45) is 0. The van der Waals surface area contributed by atoms with Gasteiger partial charge >= 0.3 is 5.97 Å². The molecular weight excluding hydrogens is 242 g/mol. The largest absolute Gasteiger partial charge is 0.480 e. The molecule has 0 aliphatic carbocycles. The first-order chi connectivity index (χ1) is 7.80. The van der Waals surface area contributed by atoms with Crippen molar-refractivity contribution in [2.75, 3.05) is 0 Å². The number of carbonyl (C=O) groups is 1. The van der Waals surface area contributed by atoms with Crippen LogP contribution in [0.3, 0.4) is 0 Å². The Labute approximate surface area is 101 Å². The van der Waals surface area contributed by atoms with Crippen molar-refractivity contribution >= 4 is 16.0 Å². The molecule has 0 spiro atoms. The number of nitrogens with one attached hydrogen (secondary N) is 1. The average Bonchev–Trinajstić information content (AvgIpc) is 2.15. The predicted octanol–water partition coefficient (Wildman–Crippen LogP) is 0.888. The summed E-state index contributed by atoms with van der Waals surface area (Å²) in [6.45, 7) is 3.15. The van der Waals surface area contributed by atoms with E-state index in [9.17, 15) is 13.2 Å². The van der Waals surface area contributed by atoms with Crippen LogP contribution in [0, 0.1) is 6.92 Å². The molecule has 17 heavy (non-hydrogen) atoms. The molecule has 2 N–H and O–H groups in total. The molecule has 0 aliphatic rings. The lowest BCUT2D eigenvalue weighted by Crippen LogP contribution is -2.38. The van der Waals surface area contributed by atoms with Crippen LogP contribution in [0.15, 0.2) is 24.3 Å². The Morgan fingerprint density at radius 2 is 2.12 bits per heavy atom. The molecule has 6 heteroatoms. The van der Waals surface area contributed by atoms with Gasteiger partial charge in [0.1, 0.15) is 6.04 Å². The van der Waals surface area contributed by atoms with Crippen LogP contribution in [0.4, 0.5) is 0 Å². The molecule has 1 rings (SSSR count). The lowest BCUT2D eigenvalue weighted by Gasteiger charge is -2.10. The van der Waals surface area contributed by atoms with E-state index in [-0.39, 0.29) is 5.75 Å². The summed E-state index contributed by atoms with van der Waals surface area (Å²) >= 11 is 0. The molecule has 1 atom stereocenters. The van der Waals surface area contributed by atoms with Gasteiger partial charge in [0.05, 0.1) is 5.75 Å². The second kappa shape index (κ2) is 5.29. The Kier molecular flexibility index (Phi) is 4.25. The maximum Gasteiger partial charge on any atom is 0.321 e. The Morgan fingerprint density at radius 1 is 1.47 bits per heavy atom. The van der Waals surface area contributed by atoms with E-state index in [1.807, 2.05) is 13.0 Å². The standard InChI is InChI=1S/C11H15NO4S/c1-8-4-3-5-10(6-8)7-17(15,16)12-9(2)11(13)14/h3-6,9,12H,7H2,1-2H3,(H,13,14)/t9-/m0/s1. The number of hydrogen-bond donors (Lipinski definition) is 2. The third kappa shape index (κ3) is 4.54. The minimum atomic E-state index is -3.63. The summed E-state index contributed by atoms with van der Waals surface area (Å²) < 4.78 is 25.4. The number of carboxylic acid groups (broad SMARTS) is 1. The predicted molar refractivity (Wildman–Crippen MR) is 64.0 cm³/mol. The topological polar surface area (TPSA) is 83.5 Å². The van der Waals surface area contributed by atoms with Gasteiger partial charge < -0.3 is 5.11 Å². The molecule has 0 radical (unpaired) electrons. The molecule has 5 nitrogen and oxygen atoms in total. The van der Waals surface area contributed by atoms with E-state index in [0.717, 1.165) is 5.56 Å². The molecule has 0 saturated carbocycles. The highest BCUT2D eigenvalue weighted by Gasteiger charge is 2.19. The van der Waals surface area contributed by atoms with Crippen LogP contribution in [-0.4, -0.2) is 25.5 Å². The van der Waals surface area contributed by atoms with Crippen molar-refractivity contribution in [3.8, 4) is 0 Å². The van der Waals surface area contributed by atoms with E-state index in [4.69, 9.17) is 5.11 Å². The normalized spacial score (nSPS) is 13.3. The van der Waals surface area contributed by atoms with Crippen LogP contribution in [0.5, 0.6) is 0 Å². The fourth-order valence-electron chi connectivity index (χ4n) is 1.38. The van der Waals surface area contributed by atoms with Gasteiger partial charge in [-0.15, -0.1) is 0 Å². The Bertz CT molecular complexity index is 510. The molecule has 1 aromatic carbocycles. The molecular formula is C11H15NO4S. The van der Waals surface area contributed by atoms with Gasteiger partial charge in [0, 0.05) is 0 Å². The van der Waals surface area contributed by atoms with Gasteiger partial charge in [-0.05, 0) is 19.4 Å². The van der Waals surface area contributed by atoms with Crippen molar-refractivity contribution in [2.45, 2.75) is 25.6 Å². The van der Waals surface area contributed by atoms with Gasteiger partial charge in [-0.2, -0.15) is 0 Å². The van der Waals surface area contributed by atoms with Gasteiger partial charge in [-0.1, -0.05) is 29.8 Å². The lowest BCUT2D eigenvalue weighted by atomic mass is 10.2. The fourth-order valence-corrected chi connectivity index (χ4v) is 2.72. The van der Waals surface area contributed by atoms with E-state index in [1.54, 1.807) is 18.2 Å². The zero-order chi connectivity index (χ0) is 13.1. The Hall–Kier alpha value is -1.40. The summed E-state index contributed by atoms with van der Waals surface area (Å²) in [7, 11) is -3.63. The molecule has 0 unspecified atom stereocenters. The van der Waals surface area contributed by atoms with Crippen molar-refractivity contribution < 1.29 is 18.3 Å². The molecule has 0 aliphatic heterocycles. The third-order valence-corrected chi connectivity index (χ3v) is 3.59. The summed E-state index contributed by atoms with van der Waals surface area (Å²) in [4.78, 5) is 10.6. The number of rotatable bonds is 5. The number of sulfonamides is 1. The Morgan fingerprint density at radius 3 is 2.65 bits per heavy atom. The zero-order valence-electron chi connectivity index (χ0n) is 9.67. The summed E-state index contributed by atoms with van der Waals surface area (Å²) in [6, 6.07) is 5.96. The zero-order valence-corrected chi connectivity index (χ0v) is 10.5. The van der Waals surface area contributed by atoms with Crippen LogP contribution < -0.4 is 4.72 Å². The summed E-state index contributed by atoms with van der Waals surface area (Å²) in [5.74, 6) is -1.41. The highest BCUT2D eigenvalue weighted by Crippen LogP contribution is 2.08. The second-order valence-corrected chi connectivity index (χ2v) is 5.68. The first-order valence-electron chi connectivity index (χ1n) is 5.08. The van der Waals surface area contributed by atoms with Gasteiger partial charge in [-0.25, -0.2) is 13.1 Å². The molecule has 0 heterocycles. The quantitative estimate of drug-likeness (QED) is 0.820. The first-order valence-corrected chi connectivity index (χ1v) is 6.74. The van der Waals surface area contributed by atoms with Gasteiger partial charge in [0.15, 0.2) is 0 Å². The highest BCUT2D eigenvalue weighted by molar-refractivity contribution is 7.88. The van der Waals surface area contributed by atoms with E-state index >= 15 is 0 Å². The average molecular weight is 257 g/mol. The molecule has 0 bridgehead atoms. The first kappa shape index (κ1) is 13.7.